The minimum absolute atomic E-state index is 0.414. The zero-order valence-corrected chi connectivity index (χ0v) is 10.3. The molecule has 1 aromatic rings. The van der Waals surface area contributed by atoms with Crippen molar-refractivity contribution in [2.75, 3.05) is 27.8 Å². The maximum absolute atomic E-state index is 11.5. The molecule has 1 aromatic carbocycles. The molecule has 0 atom stereocenters. The summed E-state index contributed by atoms with van der Waals surface area (Å²) in [6.45, 7) is 2.44. The number of ether oxygens (including phenoxy) is 1. The van der Waals surface area contributed by atoms with E-state index in [1.807, 2.05) is 46.3 Å². The summed E-state index contributed by atoms with van der Waals surface area (Å²) in [5.41, 5.74) is 0.947. The Hall–Kier alpha value is -1.55. The van der Waals surface area contributed by atoms with Crippen molar-refractivity contribution in [3.63, 3.8) is 0 Å². The standard InChI is InChI=1S/C12H18N2O2/c1-10-7-5-6-8-11(10)16-12(15)13-9-14(2,3)4/h5-8H,9H2,1-4H3/p+1. The van der Waals surface area contributed by atoms with E-state index >= 15 is 0 Å². The smallest absolute Gasteiger partial charge is 0.410 e. The SMILES string of the molecule is Cc1ccccc1OC(=O)NC[N+](C)(C)C. The predicted octanol–water partition coefficient (Wildman–Crippen LogP) is 1.75. The first-order valence-electron chi connectivity index (χ1n) is 5.20. The van der Waals surface area contributed by atoms with Crippen LogP contribution in [0, 0.1) is 6.92 Å². The van der Waals surface area contributed by atoms with Crippen molar-refractivity contribution in [2.24, 2.45) is 0 Å². The van der Waals surface area contributed by atoms with Gasteiger partial charge in [0, 0.05) is 0 Å². The van der Waals surface area contributed by atoms with Crippen LogP contribution in [0.4, 0.5) is 4.79 Å². The fourth-order valence-electron chi connectivity index (χ4n) is 1.11. The van der Waals surface area contributed by atoms with E-state index in [1.54, 1.807) is 6.07 Å². The van der Waals surface area contributed by atoms with Gasteiger partial charge in [-0.05, 0) is 18.6 Å². The largest absolute Gasteiger partial charge is 0.416 e. The fraction of sp³-hybridized carbons (Fsp3) is 0.417. The van der Waals surface area contributed by atoms with E-state index in [1.165, 1.54) is 0 Å². The van der Waals surface area contributed by atoms with Crippen LogP contribution >= 0.6 is 0 Å². The molecule has 0 spiro atoms. The quantitative estimate of drug-likeness (QED) is 0.626. The first-order chi connectivity index (χ1) is 7.38. The Morgan fingerprint density at radius 1 is 1.31 bits per heavy atom. The lowest BCUT2D eigenvalue weighted by molar-refractivity contribution is -0.872. The second kappa shape index (κ2) is 4.99. The molecule has 0 aliphatic rings. The molecule has 4 heteroatoms. The highest BCUT2D eigenvalue weighted by Crippen LogP contribution is 2.15. The average molecular weight is 223 g/mol. The van der Waals surface area contributed by atoms with Crippen LogP contribution < -0.4 is 10.1 Å². The number of amides is 1. The van der Waals surface area contributed by atoms with Gasteiger partial charge in [-0.25, -0.2) is 4.79 Å². The number of nitrogens with zero attached hydrogens (tertiary/aromatic N) is 1. The van der Waals surface area contributed by atoms with Gasteiger partial charge in [0.25, 0.3) is 0 Å². The molecule has 4 nitrogen and oxygen atoms in total. The van der Waals surface area contributed by atoms with Crippen molar-refractivity contribution in [2.45, 2.75) is 6.92 Å². The van der Waals surface area contributed by atoms with Gasteiger partial charge in [-0.1, -0.05) is 18.2 Å². The summed E-state index contributed by atoms with van der Waals surface area (Å²) in [6.07, 6.45) is -0.414. The van der Waals surface area contributed by atoms with Crippen LogP contribution in [0.5, 0.6) is 5.75 Å². The summed E-state index contributed by atoms with van der Waals surface area (Å²) in [7, 11) is 5.98. The molecule has 16 heavy (non-hydrogen) atoms. The Labute approximate surface area is 96.4 Å². The van der Waals surface area contributed by atoms with Crippen LogP contribution in [0.2, 0.25) is 0 Å². The van der Waals surface area contributed by atoms with Gasteiger partial charge in [0.05, 0.1) is 21.1 Å². The lowest BCUT2D eigenvalue weighted by Crippen LogP contribution is -2.45. The van der Waals surface area contributed by atoms with Gasteiger partial charge < -0.3 is 9.22 Å². The van der Waals surface area contributed by atoms with Crippen LogP contribution in [0.3, 0.4) is 0 Å². The van der Waals surface area contributed by atoms with E-state index < -0.39 is 6.09 Å². The van der Waals surface area contributed by atoms with Gasteiger partial charge in [0.15, 0.2) is 6.67 Å². The number of hydrogen-bond donors (Lipinski definition) is 1. The molecule has 0 unspecified atom stereocenters. The molecular formula is C12H19N2O2+. The molecule has 1 N–H and O–H groups in total. The molecular weight excluding hydrogens is 204 g/mol. The third kappa shape index (κ3) is 4.31. The number of para-hydroxylation sites is 1. The van der Waals surface area contributed by atoms with E-state index in [2.05, 4.69) is 5.32 Å². The van der Waals surface area contributed by atoms with Gasteiger partial charge in [0.1, 0.15) is 5.75 Å². The number of aryl methyl sites for hydroxylation is 1. The molecule has 0 bridgehead atoms. The van der Waals surface area contributed by atoms with E-state index in [9.17, 15) is 4.79 Å². The maximum Gasteiger partial charge on any atom is 0.416 e. The Morgan fingerprint density at radius 2 is 1.94 bits per heavy atom. The minimum Gasteiger partial charge on any atom is -0.410 e. The molecule has 0 aliphatic heterocycles. The molecule has 88 valence electrons. The van der Waals surface area contributed by atoms with Gasteiger partial charge in [0.2, 0.25) is 0 Å². The number of benzene rings is 1. The highest BCUT2D eigenvalue weighted by Gasteiger charge is 2.11. The molecule has 0 heterocycles. The molecule has 1 rings (SSSR count). The maximum atomic E-state index is 11.5. The van der Waals surface area contributed by atoms with E-state index in [0.29, 0.717) is 16.9 Å². The summed E-state index contributed by atoms with van der Waals surface area (Å²) < 4.78 is 5.84. The number of carbonyl (C=O) groups excluding carboxylic acids is 1. The van der Waals surface area contributed by atoms with Crippen LogP contribution in [-0.4, -0.2) is 38.4 Å². The monoisotopic (exact) mass is 223 g/mol. The Balaban J connectivity index is 2.50. The molecule has 0 saturated carbocycles. The Morgan fingerprint density at radius 3 is 2.50 bits per heavy atom. The van der Waals surface area contributed by atoms with Crippen LogP contribution in [0.25, 0.3) is 0 Å². The highest BCUT2D eigenvalue weighted by molar-refractivity contribution is 5.70. The summed E-state index contributed by atoms with van der Waals surface area (Å²) in [5, 5.41) is 2.71. The van der Waals surface area contributed by atoms with E-state index in [-0.39, 0.29) is 0 Å². The fourth-order valence-corrected chi connectivity index (χ4v) is 1.11. The van der Waals surface area contributed by atoms with Crippen LogP contribution in [0.1, 0.15) is 5.56 Å². The van der Waals surface area contributed by atoms with Gasteiger partial charge in [-0.15, -0.1) is 0 Å². The number of nitrogens with one attached hydrogen (secondary N) is 1. The van der Waals surface area contributed by atoms with E-state index in [0.717, 1.165) is 5.56 Å². The average Bonchev–Trinajstić information content (AvgIpc) is 2.18. The Bertz CT molecular complexity index is 370. The number of carbonyl (C=O) groups is 1. The lowest BCUT2D eigenvalue weighted by Gasteiger charge is -2.23. The summed E-state index contributed by atoms with van der Waals surface area (Å²) in [4.78, 5) is 11.5. The van der Waals surface area contributed by atoms with Crippen molar-refractivity contribution in [3.8, 4) is 5.75 Å². The first kappa shape index (κ1) is 12.5. The molecule has 1 amide bonds. The molecule has 0 aliphatic carbocycles. The van der Waals surface area contributed by atoms with Gasteiger partial charge in [-0.3, -0.25) is 5.32 Å². The number of rotatable bonds is 3. The normalized spacial score (nSPS) is 11.0. The number of quaternary nitrogens is 1. The molecule has 0 fully saturated rings. The minimum atomic E-state index is -0.414. The second-order valence-corrected chi connectivity index (χ2v) is 4.78. The van der Waals surface area contributed by atoms with Crippen molar-refractivity contribution < 1.29 is 14.0 Å². The molecule has 0 radical (unpaired) electrons. The van der Waals surface area contributed by atoms with Crippen molar-refractivity contribution in [1.82, 2.24) is 5.32 Å². The highest BCUT2D eigenvalue weighted by atomic mass is 16.6. The van der Waals surface area contributed by atoms with Crippen molar-refractivity contribution in [3.05, 3.63) is 29.8 Å². The third-order valence-corrected chi connectivity index (χ3v) is 1.99. The lowest BCUT2D eigenvalue weighted by atomic mass is 10.2. The van der Waals surface area contributed by atoms with E-state index in [4.69, 9.17) is 4.74 Å². The Kier molecular flexibility index (Phi) is 3.90. The summed E-state index contributed by atoms with van der Waals surface area (Å²) in [6, 6.07) is 7.44. The van der Waals surface area contributed by atoms with Crippen molar-refractivity contribution in [1.29, 1.82) is 0 Å². The molecule has 0 saturated heterocycles. The molecule has 0 aromatic heterocycles. The van der Waals surface area contributed by atoms with Crippen LogP contribution in [-0.2, 0) is 0 Å². The number of hydrogen-bond acceptors (Lipinski definition) is 2. The second-order valence-electron chi connectivity index (χ2n) is 4.78. The summed E-state index contributed by atoms with van der Waals surface area (Å²) >= 11 is 0. The zero-order chi connectivity index (χ0) is 12.2. The van der Waals surface area contributed by atoms with Crippen LogP contribution in [0.15, 0.2) is 24.3 Å². The van der Waals surface area contributed by atoms with Gasteiger partial charge >= 0.3 is 6.09 Å². The topological polar surface area (TPSA) is 38.3 Å². The van der Waals surface area contributed by atoms with Gasteiger partial charge in [-0.2, -0.15) is 0 Å². The zero-order valence-electron chi connectivity index (χ0n) is 10.3. The first-order valence-corrected chi connectivity index (χ1v) is 5.20. The summed E-state index contributed by atoms with van der Waals surface area (Å²) in [5.74, 6) is 0.599. The predicted molar refractivity (Wildman–Crippen MR) is 63.2 cm³/mol. The van der Waals surface area contributed by atoms with Crippen molar-refractivity contribution >= 4 is 6.09 Å². The third-order valence-electron chi connectivity index (χ3n) is 1.99.